The molecule has 0 aromatic heterocycles. The minimum absolute atomic E-state index is 0.00731. The number of carboxylic acid groups (broad SMARTS) is 1. The van der Waals surface area contributed by atoms with Gasteiger partial charge in [-0.25, -0.2) is 4.79 Å². The highest BCUT2D eigenvalue weighted by molar-refractivity contribution is 6.74. The molecule has 0 amide bonds. The molecule has 0 saturated heterocycles. The molecule has 102 valence electrons. The van der Waals surface area contributed by atoms with Crippen LogP contribution in [-0.4, -0.2) is 38.2 Å². The summed E-state index contributed by atoms with van der Waals surface area (Å²) in [5.74, 6) is -0.948. The van der Waals surface area contributed by atoms with Crippen LogP contribution < -0.4 is 0 Å². The largest absolute Gasteiger partial charge is 0.479 e. The maximum Gasteiger partial charge on any atom is 0.334 e. The molecular formula is C12H26O4Si. The zero-order valence-corrected chi connectivity index (χ0v) is 13.0. The van der Waals surface area contributed by atoms with Crippen LogP contribution in [0.15, 0.2) is 0 Å². The van der Waals surface area contributed by atoms with E-state index in [0.29, 0.717) is 6.61 Å². The summed E-state index contributed by atoms with van der Waals surface area (Å²) in [6.45, 7) is 14.4. The van der Waals surface area contributed by atoms with E-state index in [9.17, 15) is 9.90 Å². The van der Waals surface area contributed by atoms with Crippen LogP contribution in [0.5, 0.6) is 0 Å². The van der Waals surface area contributed by atoms with Crippen LogP contribution in [0.3, 0.4) is 0 Å². The first-order chi connectivity index (χ1) is 7.53. The van der Waals surface area contributed by atoms with Crippen LogP contribution in [0.4, 0.5) is 0 Å². The van der Waals surface area contributed by atoms with Gasteiger partial charge in [-0.15, -0.1) is 0 Å². The molecule has 17 heavy (non-hydrogen) atoms. The molecule has 0 aliphatic carbocycles. The highest BCUT2D eigenvalue weighted by Crippen LogP contribution is 2.37. The normalized spacial score (nSPS) is 16.6. The topological polar surface area (TPSA) is 55.8 Å². The highest BCUT2D eigenvalue weighted by atomic mass is 28.4. The van der Waals surface area contributed by atoms with Crippen molar-refractivity contribution in [1.29, 1.82) is 0 Å². The summed E-state index contributed by atoms with van der Waals surface area (Å²) in [5.41, 5.74) is 0. The summed E-state index contributed by atoms with van der Waals surface area (Å²) >= 11 is 0. The molecule has 0 fully saturated rings. The lowest BCUT2D eigenvalue weighted by Gasteiger charge is -2.39. The number of hydrogen-bond acceptors (Lipinski definition) is 3. The monoisotopic (exact) mass is 262 g/mol. The van der Waals surface area contributed by atoms with Gasteiger partial charge < -0.3 is 14.3 Å². The zero-order valence-electron chi connectivity index (χ0n) is 12.0. The fourth-order valence-corrected chi connectivity index (χ4v) is 2.47. The second kappa shape index (κ2) is 5.98. The molecule has 0 aliphatic heterocycles. The smallest absolute Gasteiger partial charge is 0.334 e. The van der Waals surface area contributed by atoms with Crippen molar-refractivity contribution in [2.75, 3.05) is 6.61 Å². The van der Waals surface area contributed by atoms with Crippen molar-refractivity contribution in [2.45, 2.75) is 65.0 Å². The van der Waals surface area contributed by atoms with Crippen molar-refractivity contribution in [3.8, 4) is 0 Å². The van der Waals surface area contributed by atoms with E-state index in [0.717, 1.165) is 0 Å². The maximum absolute atomic E-state index is 11.2. The van der Waals surface area contributed by atoms with Gasteiger partial charge in [-0.1, -0.05) is 20.8 Å². The fraction of sp³-hybridized carbons (Fsp3) is 0.917. The van der Waals surface area contributed by atoms with Gasteiger partial charge in [0.25, 0.3) is 0 Å². The van der Waals surface area contributed by atoms with Gasteiger partial charge in [0, 0.05) is 6.61 Å². The average Bonchev–Trinajstić information content (AvgIpc) is 2.12. The Morgan fingerprint density at radius 2 is 1.82 bits per heavy atom. The Morgan fingerprint density at radius 1 is 1.35 bits per heavy atom. The summed E-state index contributed by atoms with van der Waals surface area (Å²) in [5, 5.41) is 9.21. The van der Waals surface area contributed by atoms with Crippen LogP contribution in [0, 0.1) is 0 Å². The van der Waals surface area contributed by atoms with Gasteiger partial charge in [-0.05, 0) is 32.0 Å². The molecule has 0 rings (SSSR count). The fourth-order valence-electron chi connectivity index (χ4n) is 1.19. The van der Waals surface area contributed by atoms with Crippen molar-refractivity contribution < 1.29 is 19.1 Å². The molecule has 0 spiro atoms. The number of carbonyl (C=O) groups is 1. The van der Waals surface area contributed by atoms with Crippen LogP contribution in [0.25, 0.3) is 0 Å². The number of rotatable bonds is 6. The van der Waals surface area contributed by atoms with Crippen molar-refractivity contribution in [1.82, 2.24) is 0 Å². The van der Waals surface area contributed by atoms with E-state index in [1.54, 1.807) is 6.92 Å². The second-order valence-corrected chi connectivity index (χ2v) is 10.6. The Balaban J connectivity index is 4.83. The van der Waals surface area contributed by atoms with Crippen molar-refractivity contribution in [2.24, 2.45) is 0 Å². The lowest BCUT2D eigenvalue weighted by atomic mass is 10.2. The summed E-state index contributed by atoms with van der Waals surface area (Å²) in [6, 6.07) is 0. The van der Waals surface area contributed by atoms with E-state index >= 15 is 0 Å². The molecule has 1 N–H and O–H groups in total. The molecule has 0 radical (unpaired) electrons. The maximum atomic E-state index is 11.2. The SMILES string of the molecule is CCOC(C)[C@H](O[Si](C)(C)C(C)(C)C)C(=O)O. The quantitative estimate of drug-likeness (QED) is 0.748. The van der Waals surface area contributed by atoms with Crippen LogP contribution in [0.2, 0.25) is 18.1 Å². The third-order valence-electron chi connectivity index (χ3n) is 3.33. The van der Waals surface area contributed by atoms with E-state index in [1.807, 2.05) is 20.0 Å². The molecule has 0 aromatic carbocycles. The first-order valence-electron chi connectivity index (χ1n) is 6.05. The second-order valence-electron chi connectivity index (χ2n) is 5.80. The highest BCUT2D eigenvalue weighted by Gasteiger charge is 2.42. The van der Waals surface area contributed by atoms with E-state index in [2.05, 4.69) is 20.8 Å². The minimum atomic E-state index is -2.08. The van der Waals surface area contributed by atoms with Crippen molar-refractivity contribution in [3.63, 3.8) is 0 Å². The Kier molecular flexibility index (Phi) is 5.84. The molecular weight excluding hydrogens is 236 g/mol. The minimum Gasteiger partial charge on any atom is -0.479 e. The van der Waals surface area contributed by atoms with Gasteiger partial charge in [-0.2, -0.15) is 0 Å². The Labute approximate surface area is 105 Å². The van der Waals surface area contributed by atoms with Crippen molar-refractivity contribution >= 4 is 14.3 Å². The summed E-state index contributed by atoms with van der Waals surface area (Å²) in [6.07, 6.45) is -1.30. The first kappa shape index (κ1) is 16.6. The molecule has 0 aliphatic rings. The van der Waals surface area contributed by atoms with Gasteiger partial charge in [0.2, 0.25) is 0 Å². The molecule has 0 aromatic rings. The number of carboxylic acids is 1. The molecule has 0 bridgehead atoms. The Bertz CT molecular complexity index is 258. The number of hydrogen-bond donors (Lipinski definition) is 1. The predicted octanol–water partition coefficient (Wildman–Crippen LogP) is 2.89. The molecule has 0 saturated carbocycles. The van der Waals surface area contributed by atoms with Gasteiger partial charge in [0.05, 0.1) is 6.10 Å². The summed E-state index contributed by atoms with van der Waals surface area (Å²) < 4.78 is 11.2. The van der Waals surface area contributed by atoms with Gasteiger partial charge in [0.15, 0.2) is 14.4 Å². The van der Waals surface area contributed by atoms with Crippen LogP contribution in [-0.2, 0) is 14.0 Å². The van der Waals surface area contributed by atoms with E-state index in [-0.39, 0.29) is 5.04 Å². The van der Waals surface area contributed by atoms with E-state index in [1.165, 1.54) is 0 Å². The van der Waals surface area contributed by atoms with E-state index < -0.39 is 26.5 Å². The Hall–Kier alpha value is -0.393. The van der Waals surface area contributed by atoms with E-state index in [4.69, 9.17) is 9.16 Å². The third kappa shape index (κ3) is 4.77. The molecule has 4 nitrogen and oxygen atoms in total. The van der Waals surface area contributed by atoms with Gasteiger partial charge in [0.1, 0.15) is 0 Å². The standard InChI is InChI=1S/C12H26O4Si/c1-8-15-9(2)10(11(13)14)16-17(6,7)12(3,4)5/h9-10H,8H2,1-7H3,(H,13,14)/t9?,10-/m0/s1. The third-order valence-corrected chi connectivity index (χ3v) is 7.78. The van der Waals surface area contributed by atoms with Gasteiger partial charge in [-0.3, -0.25) is 0 Å². The Morgan fingerprint density at radius 3 is 2.12 bits per heavy atom. The number of ether oxygens (including phenoxy) is 1. The molecule has 5 heteroatoms. The molecule has 2 atom stereocenters. The van der Waals surface area contributed by atoms with Crippen LogP contribution in [0.1, 0.15) is 34.6 Å². The summed E-state index contributed by atoms with van der Waals surface area (Å²) in [4.78, 5) is 11.2. The van der Waals surface area contributed by atoms with Crippen LogP contribution >= 0.6 is 0 Å². The lowest BCUT2D eigenvalue weighted by Crippen LogP contribution is -2.49. The molecule has 1 unspecified atom stereocenters. The predicted molar refractivity (Wildman–Crippen MR) is 70.8 cm³/mol. The first-order valence-corrected chi connectivity index (χ1v) is 8.96. The number of aliphatic carboxylic acids is 1. The summed E-state index contributed by atoms with van der Waals surface area (Å²) in [7, 11) is -2.08. The van der Waals surface area contributed by atoms with Crippen molar-refractivity contribution in [3.05, 3.63) is 0 Å². The zero-order chi connectivity index (χ0) is 13.9. The van der Waals surface area contributed by atoms with Gasteiger partial charge >= 0.3 is 5.97 Å². The lowest BCUT2D eigenvalue weighted by molar-refractivity contribution is -0.153. The average molecular weight is 262 g/mol. The molecule has 0 heterocycles.